The number of fused-ring (bicyclic) bond motifs is 1. The van der Waals surface area contributed by atoms with Gasteiger partial charge in [0.1, 0.15) is 0 Å². The van der Waals surface area contributed by atoms with Gasteiger partial charge in [0.25, 0.3) is 5.91 Å². The highest BCUT2D eigenvalue weighted by Crippen LogP contribution is 2.29. The first-order valence-corrected chi connectivity index (χ1v) is 9.85. The number of thiazole rings is 1. The average Bonchev–Trinajstić information content (AvgIpc) is 2.92. The first-order chi connectivity index (χ1) is 12.5. The lowest BCUT2D eigenvalue weighted by molar-refractivity contribution is 0.0996. The van der Waals surface area contributed by atoms with Crippen LogP contribution in [0, 0.1) is 0 Å². The number of amides is 1. The van der Waals surface area contributed by atoms with Crippen molar-refractivity contribution in [1.29, 1.82) is 0 Å². The van der Waals surface area contributed by atoms with Crippen molar-refractivity contribution in [2.45, 2.75) is 13.5 Å². The minimum absolute atomic E-state index is 0.369. The quantitative estimate of drug-likeness (QED) is 0.507. The Morgan fingerprint density at radius 1 is 1.19 bits per heavy atom. The molecular formula is C18H15Cl3N2O2S. The second-order valence-electron chi connectivity index (χ2n) is 5.39. The number of carbonyl (C=O) groups is 1. The summed E-state index contributed by atoms with van der Waals surface area (Å²) in [6, 6.07) is 10.2. The molecule has 0 saturated heterocycles. The highest BCUT2D eigenvalue weighted by Gasteiger charge is 2.13. The van der Waals surface area contributed by atoms with E-state index in [1.165, 1.54) is 11.3 Å². The summed E-state index contributed by atoms with van der Waals surface area (Å²) < 4.78 is 8.19. The summed E-state index contributed by atoms with van der Waals surface area (Å²) in [7, 11) is 0. The summed E-state index contributed by atoms with van der Waals surface area (Å²) in [5, 5.41) is 1.53. The highest BCUT2D eigenvalue weighted by atomic mass is 35.5. The number of aromatic nitrogens is 1. The first-order valence-electron chi connectivity index (χ1n) is 7.90. The minimum atomic E-state index is -0.369. The molecule has 0 fully saturated rings. The molecule has 0 atom stereocenters. The molecule has 0 aliphatic rings. The van der Waals surface area contributed by atoms with Crippen LogP contribution in [0.4, 0.5) is 0 Å². The minimum Gasteiger partial charge on any atom is -0.380 e. The number of benzene rings is 2. The molecule has 2 aromatic carbocycles. The van der Waals surface area contributed by atoms with Crippen LogP contribution in [0.5, 0.6) is 0 Å². The Hall–Kier alpha value is -1.37. The Morgan fingerprint density at radius 2 is 2.00 bits per heavy atom. The summed E-state index contributed by atoms with van der Waals surface area (Å²) in [6.45, 7) is 3.55. The van der Waals surface area contributed by atoms with Gasteiger partial charge >= 0.3 is 0 Å². The molecule has 3 rings (SSSR count). The third kappa shape index (κ3) is 4.30. The fourth-order valence-corrected chi connectivity index (χ4v) is 4.52. The Kier molecular flexibility index (Phi) is 6.37. The Balaban J connectivity index is 2.12. The van der Waals surface area contributed by atoms with Crippen LogP contribution in [0.1, 0.15) is 17.3 Å². The monoisotopic (exact) mass is 428 g/mol. The number of hydrogen-bond acceptors (Lipinski definition) is 3. The molecule has 1 aromatic heterocycles. The summed E-state index contributed by atoms with van der Waals surface area (Å²) in [5.41, 5.74) is 1.22. The maximum atomic E-state index is 12.6. The van der Waals surface area contributed by atoms with E-state index in [0.717, 1.165) is 10.2 Å². The van der Waals surface area contributed by atoms with Crippen molar-refractivity contribution in [1.82, 2.24) is 4.57 Å². The van der Waals surface area contributed by atoms with Crippen LogP contribution in [0.25, 0.3) is 10.2 Å². The topological polar surface area (TPSA) is 43.6 Å². The van der Waals surface area contributed by atoms with E-state index in [2.05, 4.69) is 4.99 Å². The van der Waals surface area contributed by atoms with Gasteiger partial charge in [0, 0.05) is 28.8 Å². The molecule has 0 spiro atoms. The van der Waals surface area contributed by atoms with E-state index in [1.54, 1.807) is 30.3 Å². The van der Waals surface area contributed by atoms with E-state index in [0.29, 0.717) is 45.2 Å². The van der Waals surface area contributed by atoms with Crippen molar-refractivity contribution in [3.8, 4) is 0 Å². The van der Waals surface area contributed by atoms with Crippen molar-refractivity contribution >= 4 is 62.3 Å². The van der Waals surface area contributed by atoms with Gasteiger partial charge in [0.05, 0.1) is 21.8 Å². The van der Waals surface area contributed by atoms with Crippen LogP contribution in [-0.2, 0) is 11.3 Å². The lowest BCUT2D eigenvalue weighted by Crippen LogP contribution is -2.20. The van der Waals surface area contributed by atoms with Crippen molar-refractivity contribution < 1.29 is 9.53 Å². The first kappa shape index (κ1) is 19.4. The molecule has 8 heteroatoms. The van der Waals surface area contributed by atoms with Crippen LogP contribution >= 0.6 is 46.1 Å². The van der Waals surface area contributed by atoms with Gasteiger partial charge in [0.2, 0.25) is 0 Å². The molecule has 0 aliphatic carbocycles. The molecule has 1 amide bonds. The molecule has 0 unspecified atom stereocenters. The lowest BCUT2D eigenvalue weighted by Gasteiger charge is -2.07. The van der Waals surface area contributed by atoms with Gasteiger partial charge in [0.15, 0.2) is 4.80 Å². The zero-order valence-corrected chi connectivity index (χ0v) is 16.9. The number of ether oxygens (including phenoxy) is 1. The predicted octanol–water partition coefficient (Wildman–Crippen LogP) is 5.44. The smallest absolute Gasteiger partial charge is 0.279 e. The van der Waals surface area contributed by atoms with Gasteiger partial charge in [-0.05, 0) is 37.3 Å². The molecule has 1 heterocycles. The number of hydrogen-bond donors (Lipinski definition) is 0. The lowest BCUT2D eigenvalue weighted by atomic mass is 10.2. The summed E-state index contributed by atoms with van der Waals surface area (Å²) in [6.07, 6.45) is 0. The van der Waals surface area contributed by atoms with Gasteiger partial charge in [-0.3, -0.25) is 4.79 Å². The molecule has 0 N–H and O–H groups in total. The number of nitrogens with zero attached hydrogens (tertiary/aromatic N) is 2. The standard InChI is InChI=1S/C18H15Cl3N2O2S/c1-2-25-7-6-23-16-14(21)9-13(20)10-15(16)26-18(23)22-17(24)11-4-3-5-12(19)8-11/h3-5,8-10H,2,6-7H2,1H3. The van der Waals surface area contributed by atoms with Crippen LogP contribution in [0.3, 0.4) is 0 Å². The SMILES string of the molecule is CCOCCn1c(=NC(=O)c2cccc(Cl)c2)sc2cc(Cl)cc(Cl)c21. The number of rotatable bonds is 5. The molecule has 4 nitrogen and oxygen atoms in total. The Morgan fingerprint density at radius 3 is 2.73 bits per heavy atom. The van der Waals surface area contributed by atoms with Gasteiger partial charge < -0.3 is 9.30 Å². The molecule has 0 bridgehead atoms. The van der Waals surface area contributed by atoms with Crippen molar-refractivity contribution in [3.05, 3.63) is 61.8 Å². The molecular weight excluding hydrogens is 415 g/mol. The van der Waals surface area contributed by atoms with Crippen LogP contribution in [-0.4, -0.2) is 23.7 Å². The third-order valence-corrected chi connectivity index (χ3v) is 5.39. The molecule has 136 valence electrons. The zero-order chi connectivity index (χ0) is 18.7. The predicted molar refractivity (Wildman–Crippen MR) is 108 cm³/mol. The second kappa shape index (κ2) is 8.55. The van der Waals surface area contributed by atoms with E-state index >= 15 is 0 Å². The normalized spacial score (nSPS) is 12.1. The molecule has 0 radical (unpaired) electrons. The van der Waals surface area contributed by atoms with Crippen LogP contribution in [0.2, 0.25) is 15.1 Å². The molecule has 0 saturated carbocycles. The van der Waals surface area contributed by atoms with Gasteiger partial charge in [-0.25, -0.2) is 0 Å². The van der Waals surface area contributed by atoms with Gasteiger partial charge in [-0.2, -0.15) is 4.99 Å². The van der Waals surface area contributed by atoms with Crippen LogP contribution in [0.15, 0.2) is 41.4 Å². The van der Waals surface area contributed by atoms with Crippen molar-refractivity contribution in [2.24, 2.45) is 4.99 Å². The molecule has 3 aromatic rings. The van der Waals surface area contributed by atoms with E-state index in [4.69, 9.17) is 39.5 Å². The van der Waals surface area contributed by atoms with E-state index in [1.807, 2.05) is 17.6 Å². The Labute approximate surface area is 169 Å². The van der Waals surface area contributed by atoms with E-state index < -0.39 is 0 Å². The summed E-state index contributed by atoms with van der Waals surface area (Å²) >= 11 is 19.8. The maximum Gasteiger partial charge on any atom is 0.279 e. The highest BCUT2D eigenvalue weighted by molar-refractivity contribution is 7.16. The Bertz CT molecular complexity index is 1030. The third-order valence-electron chi connectivity index (χ3n) is 3.63. The number of carbonyl (C=O) groups excluding carboxylic acids is 1. The van der Waals surface area contributed by atoms with Crippen LogP contribution < -0.4 is 4.80 Å². The van der Waals surface area contributed by atoms with E-state index in [-0.39, 0.29) is 5.91 Å². The molecule has 0 aliphatic heterocycles. The maximum absolute atomic E-state index is 12.6. The zero-order valence-electron chi connectivity index (χ0n) is 13.8. The molecule has 26 heavy (non-hydrogen) atoms. The van der Waals surface area contributed by atoms with Crippen molar-refractivity contribution in [3.63, 3.8) is 0 Å². The van der Waals surface area contributed by atoms with Gasteiger partial charge in [-0.1, -0.05) is 52.2 Å². The van der Waals surface area contributed by atoms with Crippen molar-refractivity contribution in [2.75, 3.05) is 13.2 Å². The van der Waals surface area contributed by atoms with E-state index in [9.17, 15) is 4.79 Å². The summed E-state index contributed by atoms with van der Waals surface area (Å²) in [4.78, 5) is 17.4. The second-order valence-corrected chi connectivity index (χ2v) is 7.68. The fraction of sp³-hybridized carbons (Fsp3) is 0.222. The van der Waals surface area contributed by atoms with Gasteiger partial charge in [-0.15, -0.1) is 0 Å². The summed E-state index contributed by atoms with van der Waals surface area (Å²) in [5.74, 6) is -0.369. The largest absolute Gasteiger partial charge is 0.380 e. The number of halogens is 3. The average molecular weight is 430 g/mol. The fourth-order valence-electron chi connectivity index (χ4n) is 2.49.